The van der Waals surface area contributed by atoms with E-state index in [1.165, 1.54) is 24.3 Å². The van der Waals surface area contributed by atoms with Crippen LogP contribution in [-0.4, -0.2) is 11.8 Å². The van der Waals surface area contributed by atoms with Crippen LogP contribution in [-0.2, 0) is 0 Å². The summed E-state index contributed by atoms with van der Waals surface area (Å²) in [6.45, 7) is 2.02. The van der Waals surface area contributed by atoms with Gasteiger partial charge in [-0.1, -0.05) is 6.07 Å². The van der Waals surface area contributed by atoms with Gasteiger partial charge in [-0.15, -0.1) is 0 Å². The molecule has 0 saturated heterocycles. The molecule has 0 spiro atoms. The molecule has 5 heteroatoms. The molecular formula is C17H16FN3O. The molecule has 1 atom stereocenters. The standard InChI is InChI=1S/C17H16FN3O/c1-10-15(9-20-21-10)12-4-7-16(19)14(8-12)17(22)11-2-5-13(18)6-3-11/h2-10,20-21H,19H2,1H3. The summed E-state index contributed by atoms with van der Waals surface area (Å²) in [5.41, 5.74) is 15.2. The largest absolute Gasteiger partial charge is 0.398 e. The van der Waals surface area contributed by atoms with E-state index in [1.54, 1.807) is 12.1 Å². The maximum Gasteiger partial charge on any atom is 0.195 e. The first kappa shape index (κ1) is 14.3. The molecule has 0 saturated carbocycles. The molecule has 0 bridgehead atoms. The van der Waals surface area contributed by atoms with Crippen molar-refractivity contribution >= 4 is 17.0 Å². The predicted octanol–water partition coefficient (Wildman–Crippen LogP) is 2.48. The molecule has 1 heterocycles. The normalized spacial score (nSPS) is 17.0. The molecule has 1 unspecified atom stereocenters. The minimum Gasteiger partial charge on any atom is -0.398 e. The van der Waals surface area contributed by atoms with Gasteiger partial charge in [0.1, 0.15) is 5.82 Å². The number of nitrogens with two attached hydrogens (primary N) is 1. The van der Waals surface area contributed by atoms with Crippen molar-refractivity contribution in [3.8, 4) is 0 Å². The zero-order chi connectivity index (χ0) is 15.7. The third kappa shape index (κ3) is 2.58. The van der Waals surface area contributed by atoms with Gasteiger partial charge in [0.15, 0.2) is 5.78 Å². The zero-order valence-electron chi connectivity index (χ0n) is 12.1. The molecule has 3 rings (SSSR count). The molecule has 22 heavy (non-hydrogen) atoms. The highest BCUT2D eigenvalue weighted by atomic mass is 19.1. The second kappa shape index (κ2) is 5.61. The minimum absolute atomic E-state index is 0.136. The lowest BCUT2D eigenvalue weighted by atomic mass is 9.95. The molecule has 1 aliphatic rings. The van der Waals surface area contributed by atoms with Crippen molar-refractivity contribution in [2.45, 2.75) is 13.0 Å². The van der Waals surface area contributed by atoms with Gasteiger partial charge in [0.25, 0.3) is 0 Å². The van der Waals surface area contributed by atoms with E-state index in [0.717, 1.165) is 11.1 Å². The van der Waals surface area contributed by atoms with Crippen molar-refractivity contribution in [3.05, 3.63) is 71.2 Å². The van der Waals surface area contributed by atoms with Crippen molar-refractivity contribution in [1.82, 2.24) is 10.9 Å². The summed E-state index contributed by atoms with van der Waals surface area (Å²) in [6.07, 6.45) is 1.86. The lowest BCUT2D eigenvalue weighted by molar-refractivity contribution is 0.103. The summed E-state index contributed by atoms with van der Waals surface area (Å²) in [7, 11) is 0. The SMILES string of the molecule is CC1NNC=C1c1ccc(N)c(C(=O)c2ccc(F)cc2)c1. The van der Waals surface area contributed by atoms with E-state index in [9.17, 15) is 9.18 Å². The van der Waals surface area contributed by atoms with Crippen LogP contribution in [0.3, 0.4) is 0 Å². The summed E-state index contributed by atoms with van der Waals surface area (Å²) in [5, 5.41) is 0. The fourth-order valence-corrected chi connectivity index (χ4v) is 2.47. The van der Waals surface area contributed by atoms with Crippen LogP contribution >= 0.6 is 0 Å². The third-order valence-electron chi connectivity index (χ3n) is 3.73. The predicted molar refractivity (Wildman–Crippen MR) is 84.4 cm³/mol. The first-order valence-corrected chi connectivity index (χ1v) is 6.97. The van der Waals surface area contributed by atoms with E-state index in [1.807, 2.05) is 19.2 Å². The maximum atomic E-state index is 13.0. The molecule has 0 radical (unpaired) electrons. The Kier molecular flexibility index (Phi) is 3.65. The van der Waals surface area contributed by atoms with Crippen molar-refractivity contribution in [3.63, 3.8) is 0 Å². The summed E-state index contributed by atoms with van der Waals surface area (Å²) in [5.74, 6) is -0.591. The first-order chi connectivity index (χ1) is 10.6. The molecule has 0 fully saturated rings. The van der Waals surface area contributed by atoms with Gasteiger partial charge in [0.05, 0.1) is 6.04 Å². The number of ketones is 1. The van der Waals surface area contributed by atoms with Gasteiger partial charge in [-0.05, 0) is 54.5 Å². The second-order valence-electron chi connectivity index (χ2n) is 5.25. The Morgan fingerprint density at radius 1 is 1.18 bits per heavy atom. The Morgan fingerprint density at radius 2 is 1.91 bits per heavy atom. The number of anilines is 1. The molecule has 0 amide bonds. The Bertz CT molecular complexity index is 753. The maximum absolute atomic E-state index is 13.0. The summed E-state index contributed by atoms with van der Waals surface area (Å²) < 4.78 is 13.0. The summed E-state index contributed by atoms with van der Waals surface area (Å²) >= 11 is 0. The van der Waals surface area contributed by atoms with Crippen molar-refractivity contribution < 1.29 is 9.18 Å². The van der Waals surface area contributed by atoms with Crippen molar-refractivity contribution in [1.29, 1.82) is 0 Å². The number of benzene rings is 2. The molecular weight excluding hydrogens is 281 g/mol. The van der Waals surface area contributed by atoms with Crippen LogP contribution in [0.2, 0.25) is 0 Å². The first-order valence-electron chi connectivity index (χ1n) is 6.97. The van der Waals surface area contributed by atoms with Gasteiger partial charge in [-0.3, -0.25) is 4.79 Å². The average Bonchev–Trinajstić information content (AvgIpc) is 2.94. The van der Waals surface area contributed by atoms with Gasteiger partial charge < -0.3 is 11.2 Å². The summed E-state index contributed by atoms with van der Waals surface area (Å²) in [6, 6.07) is 11.0. The van der Waals surface area contributed by atoms with Crippen LogP contribution in [0.5, 0.6) is 0 Å². The highest BCUT2D eigenvalue weighted by molar-refractivity contribution is 6.12. The Balaban J connectivity index is 1.99. The molecule has 2 aromatic carbocycles. The van der Waals surface area contributed by atoms with E-state index in [-0.39, 0.29) is 17.6 Å². The monoisotopic (exact) mass is 297 g/mol. The van der Waals surface area contributed by atoms with Crippen LogP contribution < -0.4 is 16.6 Å². The lowest BCUT2D eigenvalue weighted by Crippen LogP contribution is -2.28. The molecule has 0 aliphatic carbocycles. The molecule has 1 aliphatic heterocycles. The van der Waals surface area contributed by atoms with Crippen LogP contribution in [0.1, 0.15) is 28.4 Å². The zero-order valence-corrected chi connectivity index (χ0v) is 12.1. The highest BCUT2D eigenvalue weighted by Gasteiger charge is 2.19. The molecule has 0 aromatic heterocycles. The molecule has 2 aromatic rings. The number of halogens is 1. The number of carbonyl (C=O) groups excluding carboxylic acids is 1. The fraction of sp³-hybridized carbons (Fsp3) is 0.118. The van der Waals surface area contributed by atoms with E-state index in [0.29, 0.717) is 16.8 Å². The summed E-state index contributed by atoms with van der Waals surface area (Å²) in [4.78, 5) is 12.6. The van der Waals surface area contributed by atoms with E-state index < -0.39 is 0 Å². The van der Waals surface area contributed by atoms with E-state index >= 15 is 0 Å². The molecule has 4 N–H and O–H groups in total. The van der Waals surface area contributed by atoms with Crippen LogP contribution in [0.4, 0.5) is 10.1 Å². The van der Waals surface area contributed by atoms with Gasteiger partial charge in [0, 0.05) is 23.0 Å². The number of nitrogen functional groups attached to an aromatic ring is 1. The number of hydrogen-bond donors (Lipinski definition) is 3. The molecule has 4 nitrogen and oxygen atoms in total. The third-order valence-corrected chi connectivity index (χ3v) is 3.73. The lowest BCUT2D eigenvalue weighted by Gasteiger charge is -2.12. The topological polar surface area (TPSA) is 67.2 Å². The Morgan fingerprint density at radius 3 is 2.55 bits per heavy atom. The quantitative estimate of drug-likeness (QED) is 0.601. The number of hydrogen-bond acceptors (Lipinski definition) is 4. The van der Waals surface area contributed by atoms with Crippen molar-refractivity contribution in [2.75, 3.05) is 5.73 Å². The van der Waals surface area contributed by atoms with Gasteiger partial charge in [-0.2, -0.15) is 0 Å². The van der Waals surface area contributed by atoms with Crippen LogP contribution in [0, 0.1) is 5.82 Å². The number of carbonyl (C=O) groups is 1. The van der Waals surface area contributed by atoms with Gasteiger partial charge >= 0.3 is 0 Å². The number of nitrogens with one attached hydrogen (secondary N) is 2. The van der Waals surface area contributed by atoms with E-state index in [4.69, 9.17) is 5.73 Å². The Labute approximate surface area is 127 Å². The Hall–Kier alpha value is -2.66. The smallest absolute Gasteiger partial charge is 0.195 e. The second-order valence-corrected chi connectivity index (χ2v) is 5.25. The van der Waals surface area contributed by atoms with Gasteiger partial charge in [-0.25, -0.2) is 9.82 Å². The number of hydrazine groups is 1. The molecule has 112 valence electrons. The number of rotatable bonds is 3. The van der Waals surface area contributed by atoms with Crippen LogP contribution in [0.25, 0.3) is 5.57 Å². The minimum atomic E-state index is -0.375. The highest BCUT2D eigenvalue weighted by Crippen LogP contribution is 2.25. The fourth-order valence-electron chi connectivity index (χ4n) is 2.47. The van der Waals surface area contributed by atoms with Crippen LogP contribution in [0.15, 0.2) is 48.7 Å². The van der Waals surface area contributed by atoms with Crippen molar-refractivity contribution in [2.24, 2.45) is 0 Å². The average molecular weight is 297 g/mol. The van der Waals surface area contributed by atoms with E-state index in [2.05, 4.69) is 10.9 Å². The van der Waals surface area contributed by atoms with Gasteiger partial charge in [0.2, 0.25) is 0 Å².